The maximum Gasteiger partial charge on any atom is 0.416 e. The molecule has 2 nitrogen and oxygen atoms in total. The van der Waals surface area contributed by atoms with Crippen LogP contribution >= 0.6 is 11.8 Å². The maximum absolute atomic E-state index is 12.6. The van der Waals surface area contributed by atoms with Crippen molar-refractivity contribution in [2.24, 2.45) is 5.73 Å². The van der Waals surface area contributed by atoms with Crippen molar-refractivity contribution in [3.63, 3.8) is 0 Å². The molecule has 0 spiro atoms. The number of nitrogens with one attached hydrogen (secondary N) is 1. The molecule has 0 aromatic heterocycles. The minimum absolute atomic E-state index is 0.158. The van der Waals surface area contributed by atoms with E-state index in [-0.39, 0.29) is 11.4 Å². The third-order valence-electron chi connectivity index (χ3n) is 2.35. The lowest BCUT2D eigenvalue weighted by molar-refractivity contribution is -0.137. The lowest BCUT2D eigenvalue weighted by atomic mass is 10.1. The van der Waals surface area contributed by atoms with Gasteiger partial charge in [0.2, 0.25) is 0 Å². The Hall–Kier alpha value is -1.17. The van der Waals surface area contributed by atoms with E-state index < -0.39 is 11.7 Å². The first-order valence-electron chi connectivity index (χ1n) is 5.54. The van der Waals surface area contributed by atoms with Crippen LogP contribution in [0.2, 0.25) is 0 Å². The highest BCUT2D eigenvalue weighted by Gasteiger charge is 2.31. The van der Waals surface area contributed by atoms with E-state index in [1.165, 1.54) is 17.8 Å². The van der Waals surface area contributed by atoms with Gasteiger partial charge >= 0.3 is 6.18 Å². The Bertz CT molecular complexity index is 430. The van der Waals surface area contributed by atoms with E-state index in [1.54, 1.807) is 0 Å². The number of hydrogen-bond acceptors (Lipinski definition) is 2. The highest BCUT2D eigenvalue weighted by molar-refractivity contribution is 7.99. The number of amidine groups is 1. The van der Waals surface area contributed by atoms with Crippen LogP contribution in [0.3, 0.4) is 0 Å². The molecule has 0 aliphatic rings. The summed E-state index contributed by atoms with van der Waals surface area (Å²) in [6, 6.07) is 3.36. The minimum Gasteiger partial charge on any atom is -0.384 e. The number of rotatable bonds is 5. The van der Waals surface area contributed by atoms with Crippen molar-refractivity contribution < 1.29 is 13.2 Å². The monoisotopic (exact) mass is 276 g/mol. The summed E-state index contributed by atoms with van der Waals surface area (Å²) in [5, 5.41) is 7.35. The van der Waals surface area contributed by atoms with Crippen LogP contribution in [-0.4, -0.2) is 11.6 Å². The largest absolute Gasteiger partial charge is 0.416 e. The number of hydrogen-bond donors (Lipinski definition) is 2. The Morgan fingerprint density at radius 1 is 1.39 bits per heavy atom. The lowest BCUT2D eigenvalue weighted by Crippen LogP contribution is -2.15. The first-order chi connectivity index (χ1) is 8.36. The molecule has 0 fully saturated rings. The van der Waals surface area contributed by atoms with Crippen LogP contribution in [0.5, 0.6) is 0 Å². The zero-order chi connectivity index (χ0) is 13.8. The number of alkyl halides is 3. The van der Waals surface area contributed by atoms with Crippen LogP contribution in [-0.2, 0) is 6.18 Å². The molecule has 0 aliphatic heterocycles. The molecule has 6 heteroatoms. The van der Waals surface area contributed by atoms with Crippen molar-refractivity contribution in [1.82, 2.24) is 0 Å². The Balaban J connectivity index is 3.01. The predicted octanol–water partition coefficient (Wildman–Crippen LogP) is 3.88. The van der Waals surface area contributed by atoms with Crippen molar-refractivity contribution in [1.29, 1.82) is 5.41 Å². The molecule has 18 heavy (non-hydrogen) atoms. The Morgan fingerprint density at radius 3 is 2.56 bits per heavy atom. The highest BCUT2D eigenvalue weighted by Crippen LogP contribution is 2.33. The molecule has 0 amide bonds. The van der Waals surface area contributed by atoms with Gasteiger partial charge in [0.1, 0.15) is 5.84 Å². The normalized spacial score (nSPS) is 11.6. The summed E-state index contributed by atoms with van der Waals surface area (Å²) in [4.78, 5) is 0.629. The number of unbranched alkanes of at least 4 members (excludes halogenated alkanes) is 1. The molecule has 0 atom stereocenters. The van der Waals surface area contributed by atoms with E-state index in [4.69, 9.17) is 11.1 Å². The first-order valence-corrected chi connectivity index (χ1v) is 6.53. The van der Waals surface area contributed by atoms with Crippen LogP contribution in [0.25, 0.3) is 0 Å². The van der Waals surface area contributed by atoms with E-state index in [0.717, 1.165) is 30.7 Å². The van der Waals surface area contributed by atoms with Crippen LogP contribution in [0.1, 0.15) is 30.9 Å². The van der Waals surface area contributed by atoms with E-state index >= 15 is 0 Å². The molecule has 0 aliphatic carbocycles. The molecule has 0 radical (unpaired) electrons. The van der Waals surface area contributed by atoms with Crippen molar-refractivity contribution in [2.45, 2.75) is 30.8 Å². The SMILES string of the molecule is CCCCSc1ccc(C(F)(F)F)cc1C(=N)N. The van der Waals surface area contributed by atoms with Gasteiger partial charge in [0.25, 0.3) is 0 Å². The third kappa shape index (κ3) is 3.94. The average molecular weight is 276 g/mol. The van der Waals surface area contributed by atoms with E-state index in [1.807, 2.05) is 6.92 Å². The molecule has 1 rings (SSSR count). The Morgan fingerprint density at radius 2 is 2.06 bits per heavy atom. The molecule has 0 saturated heterocycles. The molecule has 1 aromatic rings. The van der Waals surface area contributed by atoms with Crippen molar-refractivity contribution in [2.75, 3.05) is 5.75 Å². The van der Waals surface area contributed by atoms with Gasteiger partial charge in [-0.2, -0.15) is 13.2 Å². The summed E-state index contributed by atoms with van der Waals surface area (Å²) >= 11 is 1.43. The third-order valence-corrected chi connectivity index (χ3v) is 3.51. The van der Waals surface area contributed by atoms with Crippen molar-refractivity contribution >= 4 is 17.6 Å². The van der Waals surface area contributed by atoms with Crippen LogP contribution < -0.4 is 5.73 Å². The van der Waals surface area contributed by atoms with Gasteiger partial charge in [-0.1, -0.05) is 13.3 Å². The van der Waals surface area contributed by atoms with E-state index in [2.05, 4.69) is 0 Å². The van der Waals surface area contributed by atoms with Gasteiger partial charge < -0.3 is 5.73 Å². The number of halogens is 3. The zero-order valence-corrected chi connectivity index (χ0v) is 10.8. The molecule has 1 aromatic carbocycles. The molecule has 100 valence electrons. The summed E-state index contributed by atoms with van der Waals surface area (Å²) < 4.78 is 37.7. The van der Waals surface area contributed by atoms with Gasteiger partial charge in [0.05, 0.1) is 5.56 Å². The first kappa shape index (κ1) is 14.9. The molecular formula is C12H15F3N2S. The fourth-order valence-electron chi connectivity index (χ4n) is 1.37. The summed E-state index contributed by atoms with van der Waals surface area (Å²) in [6.07, 6.45) is -2.41. The molecule has 0 unspecified atom stereocenters. The molecular weight excluding hydrogens is 261 g/mol. The maximum atomic E-state index is 12.6. The minimum atomic E-state index is -4.41. The van der Waals surface area contributed by atoms with Gasteiger partial charge in [0, 0.05) is 10.5 Å². The number of thioether (sulfide) groups is 1. The number of benzene rings is 1. The van der Waals surface area contributed by atoms with Crippen molar-refractivity contribution in [3.05, 3.63) is 29.3 Å². The van der Waals surface area contributed by atoms with Gasteiger partial charge in [-0.3, -0.25) is 5.41 Å². The summed E-state index contributed by atoms with van der Waals surface area (Å²) in [7, 11) is 0. The lowest BCUT2D eigenvalue weighted by Gasteiger charge is -2.12. The van der Waals surface area contributed by atoms with E-state index in [9.17, 15) is 13.2 Å². The summed E-state index contributed by atoms with van der Waals surface area (Å²) in [6.45, 7) is 2.04. The van der Waals surface area contributed by atoms with Crippen molar-refractivity contribution in [3.8, 4) is 0 Å². The number of nitrogens with two attached hydrogens (primary N) is 1. The van der Waals surface area contributed by atoms with Crippen LogP contribution in [0.4, 0.5) is 13.2 Å². The second-order valence-electron chi connectivity index (χ2n) is 3.82. The highest BCUT2D eigenvalue weighted by atomic mass is 32.2. The molecule has 0 saturated carbocycles. The summed E-state index contributed by atoms with van der Waals surface area (Å²) in [5.41, 5.74) is 4.72. The molecule has 0 heterocycles. The number of nitrogen functional groups attached to an aromatic ring is 1. The van der Waals surface area contributed by atoms with Gasteiger partial charge in [0.15, 0.2) is 0 Å². The smallest absolute Gasteiger partial charge is 0.384 e. The topological polar surface area (TPSA) is 49.9 Å². The zero-order valence-electron chi connectivity index (χ0n) is 9.97. The second-order valence-corrected chi connectivity index (χ2v) is 4.96. The van der Waals surface area contributed by atoms with Gasteiger partial charge in [-0.15, -0.1) is 11.8 Å². The summed E-state index contributed by atoms with van der Waals surface area (Å²) in [5.74, 6) is 0.474. The van der Waals surface area contributed by atoms with Gasteiger partial charge in [-0.05, 0) is 30.4 Å². The quantitative estimate of drug-likeness (QED) is 0.371. The Labute approximate surface area is 108 Å². The van der Waals surface area contributed by atoms with E-state index in [0.29, 0.717) is 4.90 Å². The molecule has 0 bridgehead atoms. The predicted molar refractivity (Wildman–Crippen MR) is 68.1 cm³/mol. The molecule has 3 N–H and O–H groups in total. The van der Waals surface area contributed by atoms with Crippen LogP contribution in [0.15, 0.2) is 23.1 Å². The fraction of sp³-hybridized carbons (Fsp3) is 0.417. The standard InChI is InChI=1S/C12H15F3N2S/c1-2-3-6-18-10-5-4-8(12(13,14)15)7-9(10)11(16)17/h4-5,7H,2-3,6H2,1H3,(H3,16,17). The Kier molecular flexibility index (Phi) is 5.07. The fourth-order valence-corrected chi connectivity index (χ4v) is 2.51. The van der Waals surface area contributed by atoms with Gasteiger partial charge in [-0.25, -0.2) is 0 Å². The second kappa shape index (κ2) is 6.13. The average Bonchev–Trinajstić information content (AvgIpc) is 2.28. The van der Waals surface area contributed by atoms with Crippen LogP contribution in [0, 0.1) is 5.41 Å².